The minimum absolute atomic E-state index is 0.260. The fraction of sp³-hybridized carbons (Fsp3) is 0.643. The van der Waals surface area contributed by atoms with Gasteiger partial charge in [-0.1, -0.05) is 6.92 Å². The molecule has 0 radical (unpaired) electrons. The SMILES string of the molecule is COC1CN(c2cc([C@H](C)O)ccn2)CCC1C. The number of ether oxygens (including phenoxy) is 1. The third-order valence-electron chi connectivity index (χ3n) is 3.77. The highest BCUT2D eigenvalue weighted by atomic mass is 16.5. The van der Waals surface area contributed by atoms with Crippen LogP contribution in [-0.2, 0) is 4.74 Å². The average molecular weight is 250 g/mol. The summed E-state index contributed by atoms with van der Waals surface area (Å²) in [4.78, 5) is 6.63. The maximum absolute atomic E-state index is 9.62. The van der Waals surface area contributed by atoms with Crippen molar-refractivity contribution in [3.8, 4) is 0 Å². The molecule has 1 N–H and O–H groups in total. The van der Waals surface area contributed by atoms with Crippen molar-refractivity contribution in [1.29, 1.82) is 0 Å². The van der Waals surface area contributed by atoms with Gasteiger partial charge < -0.3 is 14.7 Å². The molecule has 3 atom stereocenters. The molecule has 18 heavy (non-hydrogen) atoms. The second-order valence-corrected chi connectivity index (χ2v) is 5.11. The quantitative estimate of drug-likeness (QED) is 0.891. The normalized spacial score (nSPS) is 26.1. The predicted molar refractivity (Wildman–Crippen MR) is 71.7 cm³/mol. The molecule has 100 valence electrons. The molecule has 0 spiro atoms. The molecule has 1 fully saturated rings. The molecule has 2 heterocycles. The van der Waals surface area contributed by atoms with Crippen LogP contribution in [0.25, 0.3) is 0 Å². The molecule has 1 aliphatic heterocycles. The maximum Gasteiger partial charge on any atom is 0.128 e. The zero-order chi connectivity index (χ0) is 13.1. The molecule has 0 aliphatic carbocycles. The molecular formula is C14H22N2O2. The van der Waals surface area contributed by atoms with Crippen LogP contribution in [0, 0.1) is 5.92 Å². The van der Waals surface area contributed by atoms with Crippen molar-refractivity contribution in [2.75, 3.05) is 25.1 Å². The molecule has 0 amide bonds. The number of aliphatic hydroxyl groups is 1. The Balaban J connectivity index is 2.14. The molecule has 1 saturated heterocycles. The largest absolute Gasteiger partial charge is 0.389 e. The molecule has 1 aliphatic rings. The number of anilines is 1. The summed E-state index contributed by atoms with van der Waals surface area (Å²) in [6, 6.07) is 3.82. The van der Waals surface area contributed by atoms with Gasteiger partial charge in [0.15, 0.2) is 0 Å². The summed E-state index contributed by atoms with van der Waals surface area (Å²) in [6.07, 6.45) is 2.68. The summed E-state index contributed by atoms with van der Waals surface area (Å²) in [5.74, 6) is 1.52. The lowest BCUT2D eigenvalue weighted by Gasteiger charge is -2.37. The third-order valence-corrected chi connectivity index (χ3v) is 3.77. The molecule has 2 rings (SSSR count). The van der Waals surface area contributed by atoms with Crippen LogP contribution < -0.4 is 4.90 Å². The number of rotatable bonds is 3. The average Bonchev–Trinajstić information content (AvgIpc) is 2.39. The van der Waals surface area contributed by atoms with Crippen molar-refractivity contribution in [2.45, 2.75) is 32.5 Å². The van der Waals surface area contributed by atoms with E-state index in [2.05, 4.69) is 16.8 Å². The first-order valence-electron chi connectivity index (χ1n) is 6.53. The lowest BCUT2D eigenvalue weighted by molar-refractivity contribution is 0.0496. The van der Waals surface area contributed by atoms with Crippen molar-refractivity contribution in [3.63, 3.8) is 0 Å². The molecule has 4 heteroatoms. The van der Waals surface area contributed by atoms with Crippen LogP contribution in [0.5, 0.6) is 0 Å². The van der Waals surface area contributed by atoms with Crippen molar-refractivity contribution >= 4 is 5.82 Å². The standard InChI is InChI=1S/C14H22N2O2/c1-10-5-7-16(9-13(10)18-3)14-8-12(11(2)17)4-6-15-14/h4,6,8,10-11,13,17H,5,7,9H2,1-3H3/t10?,11-,13?/m0/s1. The van der Waals surface area contributed by atoms with Gasteiger partial charge in [0.25, 0.3) is 0 Å². The number of pyridine rings is 1. The number of nitrogens with zero attached hydrogens (tertiary/aromatic N) is 2. The molecule has 2 unspecified atom stereocenters. The molecule has 0 saturated carbocycles. The number of aliphatic hydroxyl groups excluding tert-OH is 1. The fourth-order valence-electron chi connectivity index (χ4n) is 2.42. The van der Waals surface area contributed by atoms with Gasteiger partial charge in [0, 0.05) is 26.4 Å². The van der Waals surface area contributed by atoms with Crippen molar-refractivity contribution in [2.24, 2.45) is 5.92 Å². The topological polar surface area (TPSA) is 45.6 Å². The second-order valence-electron chi connectivity index (χ2n) is 5.11. The Morgan fingerprint density at radius 2 is 2.33 bits per heavy atom. The Kier molecular flexibility index (Phi) is 4.19. The van der Waals surface area contributed by atoms with E-state index in [0.29, 0.717) is 5.92 Å². The van der Waals surface area contributed by atoms with E-state index in [1.165, 1.54) is 0 Å². The minimum Gasteiger partial charge on any atom is -0.389 e. The zero-order valence-corrected chi connectivity index (χ0v) is 11.3. The van der Waals surface area contributed by atoms with E-state index in [1.807, 2.05) is 12.1 Å². The van der Waals surface area contributed by atoms with E-state index in [4.69, 9.17) is 4.74 Å². The van der Waals surface area contributed by atoms with Gasteiger partial charge in [-0.3, -0.25) is 0 Å². The second kappa shape index (κ2) is 5.67. The monoisotopic (exact) mass is 250 g/mol. The van der Waals surface area contributed by atoms with Gasteiger partial charge in [-0.05, 0) is 37.0 Å². The van der Waals surface area contributed by atoms with Crippen molar-refractivity contribution < 1.29 is 9.84 Å². The number of piperidine rings is 1. The lowest BCUT2D eigenvalue weighted by atomic mass is 9.96. The van der Waals surface area contributed by atoms with Crippen LogP contribution in [-0.4, -0.2) is 36.4 Å². The highest BCUT2D eigenvalue weighted by Crippen LogP contribution is 2.25. The van der Waals surface area contributed by atoms with E-state index >= 15 is 0 Å². The van der Waals surface area contributed by atoms with Crippen LogP contribution >= 0.6 is 0 Å². The minimum atomic E-state index is -0.450. The summed E-state index contributed by atoms with van der Waals surface area (Å²) in [6.45, 7) is 5.87. The van der Waals surface area contributed by atoms with Crippen molar-refractivity contribution in [1.82, 2.24) is 4.98 Å². The summed E-state index contributed by atoms with van der Waals surface area (Å²) in [7, 11) is 1.77. The van der Waals surface area contributed by atoms with Crippen molar-refractivity contribution in [3.05, 3.63) is 23.9 Å². The first-order valence-corrected chi connectivity index (χ1v) is 6.53. The van der Waals surface area contributed by atoms with Gasteiger partial charge in [0.05, 0.1) is 12.2 Å². The van der Waals surface area contributed by atoms with Crippen LogP contribution in [0.3, 0.4) is 0 Å². The molecular weight excluding hydrogens is 228 g/mol. The van der Waals surface area contributed by atoms with Gasteiger partial charge >= 0.3 is 0 Å². The van der Waals surface area contributed by atoms with Gasteiger partial charge in [-0.15, -0.1) is 0 Å². The molecule has 1 aromatic heterocycles. The summed E-state index contributed by atoms with van der Waals surface area (Å²) >= 11 is 0. The summed E-state index contributed by atoms with van der Waals surface area (Å²) in [5.41, 5.74) is 0.910. The van der Waals surface area contributed by atoms with Gasteiger partial charge in [-0.25, -0.2) is 4.98 Å². The number of hydrogen-bond donors (Lipinski definition) is 1. The Morgan fingerprint density at radius 1 is 1.56 bits per heavy atom. The zero-order valence-electron chi connectivity index (χ0n) is 11.3. The highest BCUT2D eigenvalue weighted by Gasteiger charge is 2.26. The fourth-order valence-corrected chi connectivity index (χ4v) is 2.42. The van der Waals surface area contributed by atoms with E-state index in [0.717, 1.165) is 30.9 Å². The first kappa shape index (κ1) is 13.3. The lowest BCUT2D eigenvalue weighted by Crippen LogP contribution is -2.44. The van der Waals surface area contributed by atoms with E-state index in [9.17, 15) is 5.11 Å². The third kappa shape index (κ3) is 2.82. The predicted octanol–water partition coefficient (Wildman–Crippen LogP) is 2.00. The molecule has 1 aromatic rings. The van der Waals surface area contributed by atoms with E-state index in [-0.39, 0.29) is 6.10 Å². The molecule has 0 aromatic carbocycles. The highest BCUT2D eigenvalue weighted by molar-refractivity contribution is 5.42. The van der Waals surface area contributed by atoms with E-state index < -0.39 is 6.10 Å². The maximum atomic E-state index is 9.62. The summed E-state index contributed by atoms with van der Waals surface area (Å²) < 4.78 is 5.51. The van der Waals surface area contributed by atoms with E-state index in [1.54, 1.807) is 20.2 Å². The molecule has 4 nitrogen and oxygen atoms in total. The van der Waals surface area contributed by atoms with Crippen LogP contribution in [0.4, 0.5) is 5.82 Å². The number of methoxy groups -OCH3 is 1. The Hall–Kier alpha value is -1.13. The number of aromatic nitrogens is 1. The van der Waals surface area contributed by atoms with Gasteiger partial charge in [-0.2, -0.15) is 0 Å². The van der Waals surface area contributed by atoms with Gasteiger partial charge in [0.2, 0.25) is 0 Å². The summed E-state index contributed by atoms with van der Waals surface area (Å²) in [5, 5.41) is 9.62. The van der Waals surface area contributed by atoms with Crippen LogP contribution in [0.15, 0.2) is 18.3 Å². The van der Waals surface area contributed by atoms with Crippen LogP contribution in [0.1, 0.15) is 31.9 Å². The molecule has 0 bridgehead atoms. The first-order chi connectivity index (χ1) is 8.61. The van der Waals surface area contributed by atoms with Crippen LogP contribution in [0.2, 0.25) is 0 Å². The Bertz CT molecular complexity index is 395. The Labute approximate surface area is 109 Å². The number of hydrogen-bond acceptors (Lipinski definition) is 4. The van der Waals surface area contributed by atoms with Gasteiger partial charge in [0.1, 0.15) is 5.82 Å². The Morgan fingerprint density at radius 3 is 3.00 bits per heavy atom. The smallest absolute Gasteiger partial charge is 0.128 e.